The number of para-hydroxylation sites is 1. The van der Waals surface area contributed by atoms with Crippen molar-refractivity contribution in [2.45, 2.75) is 12.8 Å². The summed E-state index contributed by atoms with van der Waals surface area (Å²) in [7, 11) is 0. The third-order valence-corrected chi connectivity index (χ3v) is 1.49. The fraction of sp³-hybridized carbons (Fsp3) is 0.300. The minimum Gasteiger partial charge on any atom is -0.491 e. The standard InChI is InChI=1S/C10H12FO/c1-2-3-8-12-10-7-5-4-6-9(10)11/h4-7H,1-3,8H2. The summed E-state index contributed by atoms with van der Waals surface area (Å²) in [6.45, 7) is 4.20. The summed E-state index contributed by atoms with van der Waals surface area (Å²) in [4.78, 5) is 0. The number of hydrogen-bond acceptors (Lipinski definition) is 1. The molecule has 0 spiro atoms. The van der Waals surface area contributed by atoms with E-state index in [0.29, 0.717) is 12.4 Å². The molecule has 1 radical (unpaired) electrons. The van der Waals surface area contributed by atoms with Gasteiger partial charge in [-0.05, 0) is 18.6 Å². The lowest BCUT2D eigenvalue weighted by Crippen LogP contribution is -1.97. The topological polar surface area (TPSA) is 9.23 Å². The van der Waals surface area contributed by atoms with Gasteiger partial charge in [-0.1, -0.05) is 25.5 Å². The Balaban J connectivity index is 2.46. The second kappa shape index (κ2) is 4.75. The molecule has 2 heteroatoms. The molecule has 0 N–H and O–H groups in total. The van der Waals surface area contributed by atoms with Crippen molar-refractivity contribution in [3.05, 3.63) is 37.0 Å². The van der Waals surface area contributed by atoms with Crippen LogP contribution in [0, 0.1) is 12.7 Å². The van der Waals surface area contributed by atoms with Crippen LogP contribution in [0.5, 0.6) is 5.75 Å². The monoisotopic (exact) mass is 167 g/mol. The van der Waals surface area contributed by atoms with Gasteiger partial charge in [-0.3, -0.25) is 0 Å². The zero-order chi connectivity index (χ0) is 8.81. The Bertz CT molecular complexity index is 235. The Morgan fingerprint density at radius 1 is 1.33 bits per heavy atom. The van der Waals surface area contributed by atoms with Crippen LogP contribution < -0.4 is 4.74 Å². The zero-order valence-electron chi connectivity index (χ0n) is 6.92. The number of benzene rings is 1. The van der Waals surface area contributed by atoms with Crippen molar-refractivity contribution in [1.29, 1.82) is 0 Å². The predicted octanol–water partition coefficient (Wildman–Crippen LogP) is 2.82. The fourth-order valence-electron chi connectivity index (χ4n) is 0.846. The van der Waals surface area contributed by atoms with E-state index in [9.17, 15) is 4.39 Å². The van der Waals surface area contributed by atoms with E-state index in [2.05, 4.69) is 6.92 Å². The summed E-state index contributed by atoms with van der Waals surface area (Å²) in [5.41, 5.74) is 0. The summed E-state index contributed by atoms with van der Waals surface area (Å²) in [5, 5.41) is 0. The van der Waals surface area contributed by atoms with Gasteiger partial charge in [-0.25, -0.2) is 4.39 Å². The summed E-state index contributed by atoms with van der Waals surface area (Å²) < 4.78 is 18.0. The first-order valence-corrected chi connectivity index (χ1v) is 4.01. The number of rotatable bonds is 4. The molecule has 0 aliphatic heterocycles. The molecule has 0 amide bonds. The maximum absolute atomic E-state index is 12.9. The van der Waals surface area contributed by atoms with Crippen LogP contribution in [0.3, 0.4) is 0 Å². The Labute approximate surface area is 72.2 Å². The quantitative estimate of drug-likeness (QED) is 0.626. The third kappa shape index (κ3) is 2.53. The minimum atomic E-state index is -0.304. The van der Waals surface area contributed by atoms with Gasteiger partial charge < -0.3 is 4.74 Å². The van der Waals surface area contributed by atoms with E-state index in [4.69, 9.17) is 4.74 Å². The van der Waals surface area contributed by atoms with E-state index in [0.717, 1.165) is 12.8 Å². The molecule has 0 fully saturated rings. The van der Waals surface area contributed by atoms with Crippen molar-refractivity contribution in [2.24, 2.45) is 0 Å². The van der Waals surface area contributed by atoms with E-state index in [1.807, 2.05) is 0 Å². The molecule has 0 atom stereocenters. The lowest BCUT2D eigenvalue weighted by Gasteiger charge is -2.04. The molecule has 0 aliphatic carbocycles. The average molecular weight is 167 g/mol. The normalized spacial score (nSPS) is 9.83. The summed E-state index contributed by atoms with van der Waals surface area (Å²) >= 11 is 0. The molecular formula is C10H12FO. The highest BCUT2D eigenvalue weighted by atomic mass is 19.1. The molecule has 0 aliphatic rings. The smallest absolute Gasteiger partial charge is 0.165 e. The SMILES string of the molecule is [CH2]CCCOc1ccccc1F. The summed E-state index contributed by atoms with van der Waals surface area (Å²) in [6.07, 6.45) is 1.67. The van der Waals surface area contributed by atoms with Gasteiger partial charge in [0.2, 0.25) is 0 Å². The van der Waals surface area contributed by atoms with Gasteiger partial charge in [0.25, 0.3) is 0 Å². The van der Waals surface area contributed by atoms with Crippen LogP contribution in [0.25, 0.3) is 0 Å². The Kier molecular flexibility index (Phi) is 3.58. The van der Waals surface area contributed by atoms with E-state index in [-0.39, 0.29) is 5.82 Å². The maximum Gasteiger partial charge on any atom is 0.165 e. The molecule has 12 heavy (non-hydrogen) atoms. The molecule has 65 valence electrons. The van der Waals surface area contributed by atoms with Gasteiger partial charge in [-0.15, -0.1) is 0 Å². The Morgan fingerprint density at radius 2 is 2.08 bits per heavy atom. The van der Waals surface area contributed by atoms with E-state index >= 15 is 0 Å². The summed E-state index contributed by atoms with van der Waals surface area (Å²) in [6, 6.07) is 6.41. The van der Waals surface area contributed by atoms with Gasteiger partial charge in [0.15, 0.2) is 11.6 Å². The lowest BCUT2D eigenvalue weighted by molar-refractivity contribution is 0.296. The van der Waals surface area contributed by atoms with E-state index in [1.54, 1.807) is 18.2 Å². The molecular weight excluding hydrogens is 155 g/mol. The van der Waals surface area contributed by atoms with Gasteiger partial charge in [0.1, 0.15) is 0 Å². The molecule has 1 aromatic rings. The fourth-order valence-corrected chi connectivity index (χ4v) is 0.846. The number of halogens is 1. The van der Waals surface area contributed by atoms with Gasteiger partial charge in [-0.2, -0.15) is 0 Å². The molecule has 1 aromatic carbocycles. The van der Waals surface area contributed by atoms with Crippen molar-refractivity contribution in [1.82, 2.24) is 0 Å². The van der Waals surface area contributed by atoms with Crippen molar-refractivity contribution >= 4 is 0 Å². The highest BCUT2D eigenvalue weighted by Gasteiger charge is 1.99. The second-order valence-electron chi connectivity index (χ2n) is 2.49. The molecule has 1 rings (SSSR count). The molecule has 0 aromatic heterocycles. The van der Waals surface area contributed by atoms with Crippen LogP contribution in [-0.2, 0) is 0 Å². The average Bonchev–Trinajstić information content (AvgIpc) is 2.09. The molecule has 0 bridgehead atoms. The van der Waals surface area contributed by atoms with E-state index < -0.39 is 0 Å². The van der Waals surface area contributed by atoms with Crippen LogP contribution in [0.4, 0.5) is 4.39 Å². The van der Waals surface area contributed by atoms with Gasteiger partial charge in [0.05, 0.1) is 6.61 Å². The van der Waals surface area contributed by atoms with Crippen molar-refractivity contribution in [3.63, 3.8) is 0 Å². The largest absolute Gasteiger partial charge is 0.491 e. The first-order chi connectivity index (χ1) is 5.84. The maximum atomic E-state index is 12.9. The third-order valence-electron chi connectivity index (χ3n) is 1.49. The number of ether oxygens (including phenoxy) is 1. The Hall–Kier alpha value is -1.05. The van der Waals surface area contributed by atoms with Crippen molar-refractivity contribution in [3.8, 4) is 5.75 Å². The van der Waals surface area contributed by atoms with Crippen LogP contribution >= 0.6 is 0 Å². The Morgan fingerprint density at radius 3 is 2.75 bits per heavy atom. The molecule has 0 unspecified atom stereocenters. The zero-order valence-corrected chi connectivity index (χ0v) is 6.92. The number of unbranched alkanes of at least 4 members (excludes halogenated alkanes) is 1. The minimum absolute atomic E-state index is 0.304. The van der Waals surface area contributed by atoms with Crippen molar-refractivity contribution < 1.29 is 9.13 Å². The van der Waals surface area contributed by atoms with Crippen LogP contribution in [0.2, 0.25) is 0 Å². The van der Waals surface area contributed by atoms with Crippen LogP contribution in [-0.4, -0.2) is 6.61 Å². The predicted molar refractivity (Wildman–Crippen MR) is 46.5 cm³/mol. The van der Waals surface area contributed by atoms with Crippen molar-refractivity contribution in [2.75, 3.05) is 6.61 Å². The van der Waals surface area contributed by atoms with Gasteiger partial charge in [0, 0.05) is 0 Å². The van der Waals surface area contributed by atoms with Crippen LogP contribution in [0.15, 0.2) is 24.3 Å². The second-order valence-corrected chi connectivity index (χ2v) is 2.49. The van der Waals surface area contributed by atoms with Gasteiger partial charge >= 0.3 is 0 Å². The first kappa shape index (κ1) is 9.04. The molecule has 0 saturated heterocycles. The number of hydrogen-bond donors (Lipinski definition) is 0. The highest BCUT2D eigenvalue weighted by molar-refractivity contribution is 5.23. The molecule has 1 nitrogen and oxygen atoms in total. The molecule has 0 heterocycles. The van der Waals surface area contributed by atoms with E-state index in [1.165, 1.54) is 6.07 Å². The summed E-state index contributed by atoms with van der Waals surface area (Å²) in [5.74, 6) is 0.0208. The highest BCUT2D eigenvalue weighted by Crippen LogP contribution is 2.15. The molecule has 0 saturated carbocycles. The van der Waals surface area contributed by atoms with Crippen LogP contribution in [0.1, 0.15) is 12.8 Å². The lowest BCUT2D eigenvalue weighted by atomic mass is 10.3. The first-order valence-electron chi connectivity index (χ1n) is 4.01.